The zero-order chi connectivity index (χ0) is 16.1. The van der Waals surface area contributed by atoms with Crippen LogP contribution in [0.15, 0.2) is 53.7 Å². The fourth-order valence-corrected chi connectivity index (χ4v) is 2.81. The van der Waals surface area contributed by atoms with Crippen molar-refractivity contribution in [3.8, 4) is 11.4 Å². The lowest BCUT2D eigenvalue weighted by atomic mass is 10.1. The molecular weight excluding hydrogens is 308 g/mol. The molecule has 1 heterocycles. The second-order valence-electron chi connectivity index (χ2n) is 5.15. The van der Waals surface area contributed by atoms with Crippen molar-refractivity contribution in [2.45, 2.75) is 19.0 Å². The van der Waals surface area contributed by atoms with Crippen molar-refractivity contribution in [1.82, 2.24) is 20.2 Å². The molecule has 0 saturated carbocycles. The molecule has 0 N–H and O–H groups in total. The monoisotopic (exact) mass is 326 g/mol. The Bertz CT molecular complexity index is 773. The summed E-state index contributed by atoms with van der Waals surface area (Å²) in [6.07, 6.45) is 0. The smallest absolute Gasteiger partial charge is 0.214 e. The third-order valence-electron chi connectivity index (χ3n) is 3.50. The highest BCUT2D eigenvalue weighted by Crippen LogP contribution is 2.20. The van der Waals surface area contributed by atoms with Gasteiger partial charge in [-0.25, -0.2) is 0 Å². The second kappa shape index (κ2) is 7.28. The van der Waals surface area contributed by atoms with Crippen molar-refractivity contribution in [2.24, 2.45) is 0 Å². The summed E-state index contributed by atoms with van der Waals surface area (Å²) in [6, 6.07) is 16.0. The third kappa shape index (κ3) is 3.90. The maximum Gasteiger partial charge on any atom is 0.214 e. The van der Waals surface area contributed by atoms with E-state index >= 15 is 0 Å². The van der Waals surface area contributed by atoms with E-state index in [2.05, 4.69) is 41.5 Å². The molecule has 0 aliphatic carbocycles. The van der Waals surface area contributed by atoms with E-state index in [4.69, 9.17) is 4.74 Å². The minimum absolute atomic E-state index is 0.606. The predicted molar refractivity (Wildman–Crippen MR) is 91.3 cm³/mol. The summed E-state index contributed by atoms with van der Waals surface area (Å²) >= 11 is 1.58. The molecular formula is C17H18N4OS. The number of aryl methyl sites for hydroxylation is 2. The molecule has 3 aromatic rings. The third-order valence-corrected chi connectivity index (χ3v) is 4.39. The van der Waals surface area contributed by atoms with Gasteiger partial charge >= 0.3 is 0 Å². The molecule has 0 saturated heterocycles. The van der Waals surface area contributed by atoms with Crippen LogP contribution in [0.5, 0.6) is 5.75 Å². The number of tetrazole rings is 1. The summed E-state index contributed by atoms with van der Waals surface area (Å²) < 4.78 is 7.45. The van der Waals surface area contributed by atoms with Gasteiger partial charge < -0.3 is 4.74 Å². The molecule has 0 radical (unpaired) electrons. The maximum atomic E-state index is 5.69. The number of nitrogens with zero attached hydrogens (tertiary/aromatic N) is 4. The number of hydrogen-bond donors (Lipinski definition) is 0. The summed E-state index contributed by atoms with van der Waals surface area (Å²) in [4.78, 5) is 0. The molecule has 0 amide bonds. The summed E-state index contributed by atoms with van der Waals surface area (Å²) in [5, 5.41) is 12.7. The van der Waals surface area contributed by atoms with Gasteiger partial charge in [0.1, 0.15) is 5.75 Å². The quantitative estimate of drug-likeness (QED) is 0.513. The Balaban J connectivity index is 1.61. The highest BCUT2D eigenvalue weighted by atomic mass is 32.2. The molecule has 0 spiro atoms. The molecule has 6 heteroatoms. The lowest BCUT2D eigenvalue weighted by Gasteiger charge is -2.07. The van der Waals surface area contributed by atoms with E-state index < -0.39 is 0 Å². The van der Waals surface area contributed by atoms with Crippen LogP contribution in [-0.4, -0.2) is 32.6 Å². The number of para-hydroxylation sites is 1. The fourth-order valence-electron chi connectivity index (χ4n) is 2.10. The van der Waals surface area contributed by atoms with Gasteiger partial charge in [-0.1, -0.05) is 36.0 Å². The van der Waals surface area contributed by atoms with Gasteiger partial charge in [0.05, 0.1) is 12.3 Å². The van der Waals surface area contributed by atoms with Crippen LogP contribution in [0.25, 0.3) is 5.69 Å². The Hall–Kier alpha value is -2.34. The van der Waals surface area contributed by atoms with Crippen LogP contribution in [-0.2, 0) is 0 Å². The minimum Gasteiger partial charge on any atom is -0.493 e. The molecule has 0 fully saturated rings. The number of thioether (sulfide) groups is 1. The van der Waals surface area contributed by atoms with Crippen LogP contribution in [0, 0.1) is 13.8 Å². The van der Waals surface area contributed by atoms with Gasteiger partial charge in [0, 0.05) is 5.75 Å². The van der Waals surface area contributed by atoms with Crippen molar-refractivity contribution in [2.75, 3.05) is 12.4 Å². The van der Waals surface area contributed by atoms with Crippen molar-refractivity contribution in [1.29, 1.82) is 0 Å². The molecule has 1 aromatic heterocycles. The number of rotatable bonds is 6. The van der Waals surface area contributed by atoms with E-state index in [1.165, 1.54) is 11.1 Å². The van der Waals surface area contributed by atoms with Crippen molar-refractivity contribution < 1.29 is 4.74 Å². The number of ether oxygens (including phenoxy) is 1. The molecule has 0 atom stereocenters. The van der Waals surface area contributed by atoms with Crippen LogP contribution in [0.1, 0.15) is 11.1 Å². The molecule has 0 unspecified atom stereocenters. The Morgan fingerprint density at radius 3 is 2.65 bits per heavy atom. The second-order valence-corrected chi connectivity index (χ2v) is 6.21. The lowest BCUT2D eigenvalue weighted by Crippen LogP contribution is -2.03. The highest BCUT2D eigenvalue weighted by Gasteiger charge is 2.09. The van der Waals surface area contributed by atoms with Gasteiger partial charge in [0.15, 0.2) is 0 Å². The number of benzene rings is 2. The zero-order valence-electron chi connectivity index (χ0n) is 13.1. The van der Waals surface area contributed by atoms with Crippen molar-refractivity contribution in [3.63, 3.8) is 0 Å². The van der Waals surface area contributed by atoms with Crippen LogP contribution in [0.2, 0.25) is 0 Å². The van der Waals surface area contributed by atoms with E-state index in [0.29, 0.717) is 6.61 Å². The zero-order valence-corrected chi connectivity index (χ0v) is 14.0. The molecule has 0 aliphatic heterocycles. The number of aromatic nitrogens is 4. The minimum atomic E-state index is 0.606. The summed E-state index contributed by atoms with van der Waals surface area (Å²) in [5.41, 5.74) is 3.46. The summed E-state index contributed by atoms with van der Waals surface area (Å²) in [7, 11) is 0. The average Bonchev–Trinajstić information content (AvgIpc) is 3.04. The average molecular weight is 326 g/mol. The first-order chi connectivity index (χ1) is 11.2. The molecule has 23 heavy (non-hydrogen) atoms. The van der Waals surface area contributed by atoms with E-state index in [0.717, 1.165) is 22.3 Å². The molecule has 0 bridgehead atoms. The Morgan fingerprint density at radius 2 is 1.87 bits per heavy atom. The van der Waals surface area contributed by atoms with Crippen molar-refractivity contribution in [3.05, 3.63) is 59.7 Å². The molecule has 3 rings (SSSR count). The van der Waals surface area contributed by atoms with Gasteiger partial charge in [-0.15, -0.1) is 5.10 Å². The van der Waals surface area contributed by atoms with Gasteiger partial charge in [-0.3, -0.25) is 0 Å². The van der Waals surface area contributed by atoms with E-state index in [9.17, 15) is 0 Å². The first kappa shape index (κ1) is 15.6. The molecule has 0 aliphatic rings. The predicted octanol–water partition coefficient (Wildman–Crippen LogP) is 3.45. The molecule has 5 nitrogen and oxygen atoms in total. The molecule has 118 valence electrons. The van der Waals surface area contributed by atoms with Crippen molar-refractivity contribution >= 4 is 11.8 Å². The van der Waals surface area contributed by atoms with Gasteiger partial charge in [0.2, 0.25) is 5.16 Å². The van der Waals surface area contributed by atoms with Gasteiger partial charge in [-0.2, -0.15) is 4.68 Å². The Morgan fingerprint density at radius 1 is 1.04 bits per heavy atom. The van der Waals surface area contributed by atoms with Crippen LogP contribution >= 0.6 is 11.8 Å². The normalized spacial score (nSPS) is 10.7. The fraction of sp³-hybridized carbons (Fsp3) is 0.235. The maximum absolute atomic E-state index is 5.69. The lowest BCUT2D eigenvalue weighted by molar-refractivity contribution is 0.344. The van der Waals surface area contributed by atoms with Crippen LogP contribution in [0.4, 0.5) is 0 Å². The van der Waals surface area contributed by atoms with Crippen LogP contribution in [0.3, 0.4) is 0 Å². The number of hydrogen-bond acceptors (Lipinski definition) is 5. The first-order valence-electron chi connectivity index (χ1n) is 7.41. The Labute approximate surface area is 139 Å². The van der Waals surface area contributed by atoms with Gasteiger partial charge in [-0.05, 0) is 59.7 Å². The van der Waals surface area contributed by atoms with E-state index in [1.807, 2.05) is 36.4 Å². The molecule has 2 aromatic carbocycles. The standard InChI is InChI=1S/C17H18N4OS/c1-13-8-9-15(12-14(13)2)21-17(18-19-20-21)23-11-10-22-16-6-4-3-5-7-16/h3-9,12H,10-11H2,1-2H3. The van der Waals surface area contributed by atoms with Crippen LogP contribution < -0.4 is 4.74 Å². The largest absolute Gasteiger partial charge is 0.493 e. The summed E-state index contributed by atoms with van der Waals surface area (Å²) in [6.45, 7) is 4.79. The van der Waals surface area contributed by atoms with E-state index in [1.54, 1.807) is 16.4 Å². The van der Waals surface area contributed by atoms with E-state index in [-0.39, 0.29) is 0 Å². The topological polar surface area (TPSA) is 52.8 Å². The highest BCUT2D eigenvalue weighted by molar-refractivity contribution is 7.99. The van der Waals surface area contributed by atoms with Gasteiger partial charge in [0.25, 0.3) is 0 Å². The first-order valence-corrected chi connectivity index (χ1v) is 8.39. The summed E-state index contributed by atoms with van der Waals surface area (Å²) in [5.74, 6) is 1.65. The Kier molecular flexibility index (Phi) is 4.92. The SMILES string of the molecule is Cc1ccc(-n2nnnc2SCCOc2ccccc2)cc1C.